The second-order valence-corrected chi connectivity index (χ2v) is 12.1. The van der Waals surface area contributed by atoms with Crippen LogP contribution in [0.1, 0.15) is 43.7 Å². The van der Waals surface area contributed by atoms with Crippen molar-refractivity contribution in [1.82, 2.24) is 19.7 Å². The zero-order chi connectivity index (χ0) is 27.5. The van der Waals surface area contributed by atoms with Crippen molar-refractivity contribution in [3.8, 4) is 27.7 Å². The van der Waals surface area contributed by atoms with E-state index in [4.69, 9.17) is 9.72 Å². The zero-order valence-corrected chi connectivity index (χ0v) is 24.2. The monoisotopic (exact) mass is 569 g/mol. The van der Waals surface area contributed by atoms with Crippen LogP contribution in [-0.4, -0.2) is 38.5 Å². The fourth-order valence-electron chi connectivity index (χ4n) is 5.16. The highest BCUT2D eigenvalue weighted by atomic mass is 32.2. The number of anilines is 1. The Balaban J connectivity index is 1.14. The number of thioether (sulfide) groups is 1. The largest absolute Gasteiger partial charge is 0.497 e. The maximum absolute atomic E-state index is 12.9. The molecule has 5 aromatic rings. The van der Waals surface area contributed by atoms with E-state index in [0.717, 1.165) is 56.9 Å². The summed E-state index contributed by atoms with van der Waals surface area (Å²) >= 11 is 3.12. The molecular formula is C31H31N5O2S2. The number of rotatable bonds is 8. The number of aryl methyl sites for hydroxylation is 1. The number of carbonyl (C=O) groups excluding carboxylic acids is 1. The van der Waals surface area contributed by atoms with E-state index in [1.165, 1.54) is 41.3 Å². The van der Waals surface area contributed by atoms with E-state index in [-0.39, 0.29) is 11.7 Å². The van der Waals surface area contributed by atoms with Gasteiger partial charge in [0.05, 0.1) is 23.1 Å². The van der Waals surface area contributed by atoms with Gasteiger partial charge >= 0.3 is 0 Å². The molecular weight excluding hydrogens is 539 g/mol. The highest BCUT2D eigenvalue weighted by Crippen LogP contribution is 2.36. The van der Waals surface area contributed by atoms with Crippen LogP contribution >= 0.6 is 23.1 Å². The minimum Gasteiger partial charge on any atom is -0.497 e. The standard InChI is InChI=1S/C31H31N5O2S2/c1-20-8-17-26-27(18-20)40-30(33-26)22-9-13-23(14-10-22)32-28(37)19-39-31-35-34-29(21-11-15-25(38-2)16-12-21)36(31)24-6-4-3-5-7-24/h8-18,24H,3-7,19H2,1-2H3,(H,32,37). The summed E-state index contributed by atoms with van der Waals surface area (Å²) in [5, 5.41) is 13.9. The van der Waals surface area contributed by atoms with Crippen molar-refractivity contribution in [2.24, 2.45) is 0 Å². The summed E-state index contributed by atoms with van der Waals surface area (Å²) in [5.41, 5.74) is 5.04. The van der Waals surface area contributed by atoms with Gasteiger partial charge < -0.3 is 10.1 Å². The fourth-order valence-corrected chi connectivity index (χ4v) is 7.03. The molecule has 1 N–H and O–H groups in total. The average molecular weight is 570 g/mol. The molecule has 1 amide bonds. The average Bonchev–Trinajstić information content (AvgIpc) is 3.61. The molecule has 0 saturated heterocycles. The van der Waals surface area contributed by atoms with E-state index in [1.54, 1.807) is 18.4 Å². The molecule has 0 bridgehead atoms. The van der Waals surface area contributed by atoms with Gasteiger partial charge in [-0.3, -0.25) is 9.36 Å². The molecule has 1 saturated carbocycles. The molecule has 0 unspecified atom stereocenters. The zero-order valence-electron chi connectivity index (χ0n) is 22.6. The van der Waals surface area contributed by atoms with Crippen molar-refractivity contribution in [3.63, 3.8) is 0 Å². The van der Waals surface area contributed by atoms with Crippen molar-refractivity contribution in [3.05, 3.63) is 72.3 Å². The molecule has 1 aliphatic rings. The molecule has 6 rings (SSSR count). The predicted octanol–water partition coefficient (Wildman–Crippen LogP) is 7.77. The Kier molecular flexibility index (Phi) is 7.84. The first-order valence-corrected chi connectivity index (χ1v) is 15.4. The molecule has 7 nitrogen and oxygen atoms in total. The summed E-state index contributed by atoms with van der Waals surface area (Å²) in [7, 11) is 1.66. The Bertz CT molecular complexity index is 1620. The minimum atomic E-state index is -0.0718. The van der Waals surface area contributed by atoms with Crippen LogP contribution < -0.4 is 10.1 Å². The fraction of sp³-hybridized carbons (Fsp3) is 0.290. The molecule has 1 fully saturated rings. The highest BCUT2D eigenvalue weighted by Gasteiger charge is 2.24. The second-order valence-electron chi connectivity index (χ2n) is 10.1. The number of nitrogens with one attached hydrogen (secondary N) is 1. The number of ether oxygens (including phenoxy) is 1. The maximum Gasteiger partial charge on any atom is 0.234 e. The van der Waals surface area contributed by atoms with Gasteiger partial charge in [-0.05, 0) is 86.0 Å². The number of hydrogen-bond donors (Lipinski definition) is 1. The molecule has 0 aliphatic heterocycles. The number of fused-ring (bicyclic) bond motifs is 1. The topological polar surface area (TPSA) is 81.9 Å². The molecule has 0 radical (unpaired) electrons. The molecule has 3 aromatic carbocycles. The van der Waals surface area contributed by atoms with Crippen LogP contribution in [0.15, 0.2) is 71.9 Å². The number of nitrogens with zero attached hydrogens (tertiary/aromatic N) is 4. The first-order valence-electron chi connectivity index (χ1n) is 13.6. The Morgan fingerprint density at radius 1 is 1.00 bits per heavy atom. The highest BCUT2D eigenvalue weighted by molar-refractivity contribution is 7.99. The summed E-state index contributed by atoms with van der Waals surface area (Å²) in [4.78, 5) is 17.7. The van der Waals surface area contributed by atoms with Gasteiger partial charge in [0, 0.05) is 22.9 Å². The third kappa shape index (κ3) is 5.76. The summed E-state index contributed by atoms with van der Waals surface area (Å²) in [5.74, 6) is 1.84. The van der Waals surface area contributed by atoms with Crippen LogP contribution in [0.25, 0.3) is 32.2 Å². The molecule has 1 aliphatic carbocycles. The predicted molar refractivity (Wildman–Crippen MR) is 163 cm³/mol. The van der Waals surface area contributed by atoms with Crippen molar-refractivity contribution < 1.29 is 9.53 Å². The summed E-state index contributed by atoms with van der Waals surface area (Å²) in [6.45, 7) is 2.09. The van der Waals surface area contributed by atoms with Crippen molar-refractivity contribution >= 4 is 44.9 Å². The summed E-state index contributed by atoms with van der Waals surface area (Å²) < 4.78 is 8.75. The quantitative estimate of drug-likeness (QED) is 0.192. The van der Waals surface area contributed by atoms with Gasteiger partial charge in [0.1, 0.15) is 10.8 Å². The van der Waals surface area contributed by atoms with Crippen molar-refractivity contribution in [2.75, 3.05) is 18.2 Å². The molecule has 0 atom stereocenters. The Labute approximate surface area is 242 Å². The SMILES string of the molecule is COc1ccc(-c2nnc(SCC(=O)Nc3ccc(-c4nc5ccc(C)cc5s4)cc3)n2C2CCCCC2)cc1. The van der Waals surface area contributed by atoms with Gasteiger partial charge in [-0.2, -0.15) is 0 Å². The molecule has 2 heterocycles. The van der Waals surface area contributed by atoms with Gasteiger partial charge in [0.2, 0.25) is 5.91 Å². The lowest BCUT2D eigenvalue weighted by atomic mass is 9.95. The number of aromatic nitrogens is 4. The number of benzene rings is 3. The number of carbonyl (C=O) groups is 1. The Morgan fingerprint density at radius 3 is 2.50 bits per heavy atom. The summed E-state index contributed by atoms with van der Waals surface area (Å²) in [6.07, 6.45) is 5.85. The lowest BCUT2D eigenvalue weighted by Crippen LogP contribution is -2.17. The van der Waals surface area contributed by atoms with Crippen LogP contribution in [0.3, 0.4) is 0 Å². The molecule has 204 valence electrons. The van der Waals surface area contributed by atoms with E-state index >= 15 is 0 Å². The lowest BCUT2D eigenvalue weighted by Gasteiger charge is -2.25. The second kappa shape index (κ2) is 11.8. The number of hydrogen-bond acceptors (Lipinski definition) is 7. The van der Waals surface area contributed by atoms with E-state index in [9.17, 15) is 4.79 Å². The normalized spacial score (nSPS) is 13.9. The van der Waals surface area contributed by atoms with Gasteiger partial charge in [-0.1, -0.05) is 37.1 Å². The maximum atomic E-state index is 12.9. The smallest absolute Gasteiger partial charge is 0.234 e. The Morgan fingerprint density at radius 2 is 1.75 bits per heavy atom. The van der Waals surface area contributed by atoms with Gasteiger partial charge in [0.25, 0.3) is 0 Å². The number of amides is 1. The van der Waals surface area contributed by atoms with Gasteiger partial charge in [-0.15, -0.1) is 21.5 Å². The van der Waals surface area contributed by atoms with Crippen molar-refractivity contribution in [1.29, 1.82) is 0 Å². The van der Waals surface area contributed by atoms with Gasteiger partial charge in [0.15, 0.2) is 11.0 Å². The van der Waals surface area contributed by atoms with Crippen molar-refractivity contribution in [2.45, 2.75) is 50.2 Å². The minimum absolute atomic E-state index is 0.0718. The van der Waals surface area contributed by atoms with Crippen LogP contribution in [0.2, 0.25) is 0 Å². The number of methoxy groups -OCH3 is 1. The van der Waals surface area contributed by atoms with E-state index in [1.807, 2.05) is 48.5 Å². The van der Waals surface area contributed by atoms with E-state index in [0.29, 0.717) is 6.04 Å². The van der Waals surface area contributed by atoms with E-state index in [2.05, 4.69) is 45.2 Å². The van der Waals surface area contributed by atoms with Crippen LogP contribution in [0.5, 0.6) is 5.75 Å². The third-order valence-electron chi connectivity index (χ3n) is 7.24. The van der Waals surface area contributed by atoms with E-state index < -0.39 is 0 Å². The van der Waals surface area contributed by atoms with Crippen LogP contribution in [0, 0.1) is 6.92 Å². The van der Waals surface area contributed by atoms with Gasteiger partial charge in [-0.25, -0.2) is 4.98 Å². The van der Waals surface area contributed by atoms with Crippen LogP contribution in [-0.2, 0) is 4.79 Å². The molecule has 40 heavy (non-hydrogen) atoms. The first kappa shape index (κ1) is 26.5. The Hall–Kier alpha value is -3.69. The first-order chi connectivity index (χ1) is 19.6. The molecule has 9 heteroatoms. The molecule has 0 spiro atoms. The number of thiazole rings is 1. The third-order valence-corrected chi connectivity index (χ3v) is 9.25. The summed E-state index contributed by atoms with van der Waals surface area (Å²) in [6, 6.07) is 22.4. The van der Waals surface area contributed by atoms with Crippen LogP contribution in [0.4, 0.5) is 5.69 Å². The lowest BCUT2D eigenvalue weighted by molar-refractivity contribution is -0.113. The molecule has 2 aromatic heterocycles.